The number of aryl methyl sites for hydroxylation is 2. The van der Waals surface area contributed by atoms with Gasteiger partial charge in [0.25, 0.3) is 0 Å². The van der Waals surface area contributed by atoms with E-state index in [1.165, 1.54) is 0 Å². The van der Waals surface area contributed by atoms with Gasteiger partial charge in [-0.05, 0) is 32.9 Å². The van der Waals surface area contributed by atoms with Gasteiger partial charge in [0, 0.05) is 0 Å². The molecule has 5 heteroatoms. The molecule has 0 N–H and O–H groups in total. The van der Waals surface area contributed by atoms with Crippen molar-refractivity contribution in [3.63, 3.8) is 0 Å². The largest absolute Gasteiger partial charge is 0.490 e. The Labute approximate surface area is 117 Å². The zero-order valence-corrected chi connectivity index (χ0v) is 11.8. The number of benzene rings is 1. The monoisotopic (exact) mass is 275 g/mol. The lowest BCUT2D eigenvalue weighted by Gasteiger charge is -2.12. The zero-order valence-electron chi connectivity index (χ0n) is 11.8. The number of para-hydroxylation sites is 1. The van der Waals surface area contributed by atoms with E-state index in [9.17, 15) is 4.79 Å². The lowest BCUT2D eigenvalue weighted by atomic mass is 10.2. The Morgan fingerprint density at radius 1 is 1.30 bits per heavy atom. The summed E-state index contributed by atoms with van der Waals surface area (Å²) in [6.45, 7) is 6.23. The summed E-state index contributed by atoms with van der Waals surface area (Å²) in [5.74, 6) is 2.19. The Morgan fingerprint density at radius 2 is 2.10 bits per heavy atom. The van der Waals surface area contributed by atoms with Gasteiger partial charge in [0.2, 0.25) is 5.89 Å². The fourth-order valence-electron chi connectivity index (χ4n) is 1.78. The van der Waals surface area contributed by atoms with Crippen LogP contribution in [0.3, 0.4) is 0 Å². The van der Waals surface area contributed by atoms with E-state index in [4.69, 9.17) is 13.9 Å². The molecule has 2 aromatic rings. The van der Waals surface area contributed by atoms with Gasteiger partial charge < -0.3 is 13.9 Å². The van der Waals surface area contributed by atoms with Gasteiger partial charge in [-0.1, -0.05) is 6.07 Å². The van der Waals surface area contributed by atoms with Crippen LogP contribution in [0.1, 0.15) is 34.6 Å². The normalized spacial score (nSPS) is 10.3. The van der Waals surface area contributed by atoms with Gasteiger partial charge in [-0.3, -0.25) is 4.79 Å². The van der Waals surface area contributed by atoms with Gasteiger partial charge in [-0.25, -0.2) is 4.98 Å². The van der Waals surface area contributed by atoms with Crippen LogP contribution in [0, 0.1) is 13.8 Å². The van der Waals surface area contributed by atoms with Crippen molar-refractivity contribution >= 4 is 6.29 Å². The average Bonchev–Trinajstić information content (AvgIpc) is 2.76. The number of carbonyl (C=O) groups is 1. The molecule has 0 aliphatic carbocycles. The Balaban J connectivity index is 2.20. The maximum Gasteiger partial charge on any atom is 0.232 e. The molecule has 0 aliphatic rings. The molecule has 0 fully saturated rings. The summed E-state index contributed by atoms with van der Waals surface area (Å²) in [5, 5.41) is 0. The number of hydrogen-bond donors (Lipinski definition) is 0. The fourth-order valence-corrected chi connectivity index (χ4v) is 1.78. The zero-order chi connectivity index (χ0) is 14.5. The third-order valence-electron chi connectivity index (χ3n) is 2.85. The highest BCUT2D eigenvalue weighted by atomic mass is 16.5. The van der Waals surface area contributed by atoms with Crippen LogP contribution in [0.4, 0.5) is 0 Å². The number of carbonyl (C=O) groups excluding carboxylic acids is 1. The van der Waals surface area contributed by atoms with Crippen molar-refractivity contribution in [1.29, 1.82) is 0 Å². The molecule has 20 heavy (non-hydrogen) atoms. The third kappa shape index (κ3) is 2.99. The summed E-state index contributed by atoms with van der Waals surface area (Å²) in [6, 6.07) is 5.19. The van der Waals surface area contributed by atoms with Gasteiger partial charge in [-0.2, -0.15) is 0 Å². The van der Waals surface area contributed by atoms with Crippen LogP contribution in [0.5, 0.6) is 11.5 Å². The van der Waals surface area contributed by atoms with Gasteiger partial charge in [-0.15, -0.1) is 0 Å². The highest BCUT2D eigenvalue weighted by Crippen LogP contribution is 2.31. The predicted molar refractivity (Wildman–Crippen MR) is 73.3 cm³/mol. The third-order valence-corrected chi connectivity index (χ3v) is 2.85. The quantitative estimate of drug-likeness (QED) is 0.758. The molecule has 5 nitrogen and oxygen atoms in total. The molecule has 0 atom stereocenters. The van der Waals surface area contributed by atoms with E-state index in [0.29, 0.717) is 29.6 Å². The van der Waals surface area contributed by atoms with E-state index in [1.807, 2.05) is 20.8 Å². The van der Waals surface area contributed by atoms with Crippen molar-refractivity contribution < 1.29 is 18.7 Å². The minimum atomic E-state index is 0.152. The van der Waals surface area contributed by atoms with E-state index in [1.54, 1.807) is 18.2 Å². The predicted octanol–water partition coefficient (Wildman–Crippen LogP) is 3.08. The molecule has 0 spiro atoms. The Morgan fingerprint density at radius 3 is 2.70 bits per heavy atom. The second-order valence-corrected chi connectivity index (χ2v) is 4.26. The molecule has 0 saturated carbocycles. The molecule has 0 radical (unpaired) electrons. The first-order valence-corrected chi connectivity index (χ1v) is 6.42. The Bertz CT molecular complexity index is 584. The van der Waals surface area contributed by atoms with E-state index in [2.05, 4.69) is 4.98 Å². The topological polar surface area (TPSA) is 61.6 Å². The lowest BCUT2D eigenvalue weighted by Crippen LogP contribution is -2.02. The van der Waals surface area contributed by atoms with E-state index in [0.717, 1.165) is 17.7 Å². The van der Waals surface area contributed by atoms with E-state index < -0.39 is 0 Å². The fraction of sp³-hybridized carbons (Fsp3) is 0.333. The van der Waals surface area contributed by atoms with Crippen LogP contribution in [0.2, 0.25) is 0 Å². The van der Waals surface area contributed by atoms with Crippen LogP contribution in [0.25, 0.3) is 0 Å². The van der Waals surface area contributed by atoms with Crippen LogP contribution in [-0.2, 0) is 6.61 Å². The van der Waals surface area contributed by atoms with Crippen molar-refractivity contribution in [3.8, 4) is 11.5 Å². The van der Waals surface area contributed by atoms with Crippen molar-refractivity contribution in [2.24, 2.45) is 0 Å². The number of aromatic nitrogens is 1. The molecule has 1 aromatic carbocycles. The number of hydrogen-bond acceptors (Lipinski definition) is 5. The summed E-state index contributed by atoms with van der Waals surface area (Å²) in [5.41, 5.74) is 1.27. The van der Waals surface area contributed by atoms with E-state index >= 15 is 0 Å². The lowest BCUT2D eigenvalue weighted by molar-refractivity contribution is 0.111. The second-order valence-electron chi connectivity index (χ2n) is 4.26. The summed E-state index contributed by atoms with van der Waals surface area (Å²) < 4.78 is 16.6. The first-order valence-electron chi connectivity index (χ1n) is 6.42. The smallest absolute Gasteiger partial charge is 0.232 e. The molecule has 106 valence electrons. The molecule has 0 aliphatic heterocycles. The minimum absolute atomic E-state index is 0.152. The molecule has 2 rings (SSSR count). The maximum atomic E-state index is 11.1. The van der Waals surface area contributed by atoms with Crippen LogP contribution in [0.15, 0.2) is 22.6 Å². The Kier molecular flexibility index (Phi) is 4.40. The van der Waals surface area contributed by atoms with Crippen LogP contribution < -0.4 is 9.47 Å². The van der Waals surface area contributed by atoms with Gasteiger partial charge >= 0.3 is 0 Å². The molecule has 0 bridgehead atoms. The molecule has 1 heterocycles. The van der Waals surface area contributed by atoms with Crippen molar-refractivity contribution in [2.75, 3.05) is 6.61 Å². The van der Waals surface area contributed by atoms with Crippen molar-refractivity contribution in [2.45, 2.75) is 27.4 Å². The summed E-state index contributed by atoms with van der Waals surface area (Å²) >= 11 is 0. The summed E-state index contributed by atoms with van der Waals surface area (Å²) in [6.07, 6.45) is 0.740. The number of ether oxygens (including phenoxy) is 2. The number of rotatable bonds is 6. The minimum Gasteiger partial charge on any atom is -0.490 e. The van der Waals surface area contributed by atoms with E-state index in [-0.39, 0.29) is 6.61 Å². The van der Waals surface area contributed by atoms with Gasteiger partial charge in [0.05, 0.1) is 17.9 Å². The Hall–Kier alpha value is -2.30. The summed E-state index contributed by atoms with van der Waals surface area (Å²) in [4.78, 5) is 15.3. The average molecular weight is 275 g/mol. The second kappa shape index (κ2) is 6.23. The van der Waals surface area contributed by atoms with Crippen molar-refractivity contribution in [1.82, 2.24) is 4.98 Å². The maximum absolute atomic E-state index is 11.1. The first-order chi connectivity index (χ1) is 9.65. The molecule has 1 aromatic heterocycles. The molecule has 0 amide bonds. The molecule has 0 saturated heterocycles. The standard InChI is InChI=1S/C15H17NO4/c1-4-18-13-7-5-6-12(8-17)15(13)19-9-14-16-10(2)11(3)20-14/h5-8H,4,9H2,1-3H3. The first kappa shape index (κ1) is 14.1. The highest BCUT2D eigenvalue weighted by Gasteiger charge is 2.13. The van der Waals surface area contributed by atoms with Gasteiger partial charge in [0.15, 0.2) is 24.4 Å². The molecular weight excluding hydrogens is 258 g/mol. The highest BCUT2D eigenvalue weighted by molar-refractivity contribution is 5.81. The molecular formula is C15H17NO4. The summed E-state index contributed by atoms with van der Waals surface area (Å²) in [7, 11) is 0. The number of oxazole rings is 1. The van der Waals surface area contributed by atoms with Gasteiger partial charge in [0.1, 0.15) is 5.76 Å². The SMILES string of the molecule is CCOc1cccc(C=O)c1OCc1nc(C)c(C)o1. The number of nitrogens with zero attached hydrogens (tertiary/aromatic N) is 1. The van der Waals surface area contributed by atoms with Crippen LogP contribution >= 0.6 is 0 Å². The van der Waals surface area contributed by atoms with Crippen LogP contribution in [-0.4, -0.2) is 17.9 Å². The molecule has 0 unspecified atom stereocenters. The number of aldehydes is 1. The van der Waals surface area contributed by atoms with Crippen molar-refractivity contribution in [3.05, 3.63) is 41.1 Å².